The van der Waals surface area contributed by atoms with Gasteiger partial charge >= 0.3 is 0 Å². The Kier molecular flexibility index (Phi) is 2.37. The average molecular weight is 240 g/mol. The van der Waals surface area contributed by atoms with E-state index in [4.69, 9.17) is 4.74 Å². The molecule has 1 heterocycles. The normalized spacial score (nSPS) is 45.0. The van der Waals surface area contributed by atoms with Crippen molar-refractivity contribution in [2.24, 2.45) is 0 Å². The highest BCUT2D eigenvalue weighted by molar-refractivity contribution is 14.1. The van der Waals surface area contributed by atoms with Crippen LogP contribution in [0.15, 0.2) is 0 Å². The van der Waals surface area contributed by atoms with Crippen LogP contribution in [0.3, 0.4) is 0 Å². The summed E-state index contributed by atoms with van der Waals surface area (Å²) in [4.78, 5) is 0. The van der Waals surface area contributed by atoms with Gasteiger partial charge in [-0.3, -0.25) is 0 Å². The summed E-state index contributed by atoms with van der Waals surface area (Å²) in [5.41, 5.74) is 0. The molecule has 0 amide bonds. The van der Waals surface area contributed by atoms with E-state index in [-0.39, 0.29) is 0 Å². The zero-order valence-corrected chi connectivity index (χ0v) is 8.14. The monoisotopic (exact) mass is 240 g/mol. The van der Waals surface area contributed by atoms with Crippen LogP contribution in [-0.2, 0) is 4.74 Å². The Hall–Kier alpha value is 0.690. The maximum atomic E-state index is 5.41. The van der Waals surface area contributed by atoms with Crippen molar-refractivity contribution in [1.82, 2.24) is 0 Å². The van der Waals surface area contributed by atoms with Crippen LogP contribution in [0.1, 0.15) is 26.7 Å². The fraction of sp³-hybridized carbons (Fsp3) is 1.00. The fourth-order valence-corrected chi connectivity index (χ4v) is 2.07. The predicted octanol–water partition coefficient (Wildman–Crippen LogP) is 2.38. The highest BCUT2D eigenvalue weighted by Crippen LogP contribution is 2.32. The van der Waals surface area contributed by atoms with E-state index >= 15 is 0 Å². The second kappa shape index (κ2) is 2.74. The highest BCUT2D eigenvalue weighted by Gasteiger charge is 2.27. The van der Waals surface area contributed by atoms with Crippen molar-refractivity contribution in [2.75, 3.05) is 6.61 Å². The van der Waals surface area contributed by atoms with Gasteiger partial charge in [0.2, 0.25) is 0 Å². The molecule has 0 aromatic rings. The lowest BCUT2D eigenvalue weighted by molar-refractivity contribution is 0.0188. The first-order chi connectivity index (χ1) is 4.10. The van der Waals surface area contributed by atoms with Crippen LogP contribution >= 0.6 is 22.6 Å². The number of halogens is 1. The van der Waals surface area contributed by atoms with Crippen molar-refractivity contribution in [3.8, 4) is 0 Å². The first kappa shape index (κ1) is 7.79. The number of hydrogen-bond donors (Lipinski definition) is 0. The van der Waals surface area contributed by atoms with E-state index in [1.165, 1.54) is 12.8 Å². The highest BCUT2D eigenvalue weighted by atomic mass is 127. The molecule has 0 N–H and O–H groups in total. The third-order valence-corrected chi connectivity index (χ3v) is 2.72. The molecule has 0 spiro atoms. The van der Waals surface area contributed by atoms with Crippen molar-refractivity contribution in [1.29, 1.82) is 0 Å². The van der Waals surface area contributed by atoms with Gasteiger partial charge in [0, 0.05) is 10.0 Å². The first-order valence-electron chi connectivity index (χ1n) is 3.41. The lowest BCUT2D eigenvalue weighted by atomic mass is 9.99. The molecule has 2 atom stereocenters. The molecular weight excluding hydrogens is 227 g/mol. The van der Waals surface area contributed by atoms with E-state index in [0.29, 0.717) is 9.53 Å². The average Bonchev–Trinajstić information content (AvgIpc) is 1.60. The van der Waals surface area contributed by atoms with Gasteiger partial charge < -0.3 is 4.74 Å². The number of hydrogen-bond acceptors (Lipinski definition) is 1. The molecule has 0 aliphatic carbocycles. The second-order valence-corrected chi connectivity index (χ2v) is 5.65. The predicted molar refractivity (Wildman–Crippen MR) is 47.1 cm³/mol. The Morgan fingerprint density at radius 2 is 2.33 bits per heavy atom. The minimum absolute atomic E-state index is 0.473. The Labute approximate surface area is 70.3 Å². The van der Waals surface area contributed by atoms with Crippen molar-refractivity contribution in [2.45, 2.75) is 36.2 Å². The quantitative estimate of drug-likeness (QED) is 0.466. The van der Waals surface area contributed by atoms with Crippen molar-refractivity contribution < 1.29 is 4.74 Å². The lowest BCUT2D eigenvalue weighted by Gasteiger charge is -2.31. The smallest absolute Gasteiger partial charge is 0.0559 e. The molecule has 54 valence electrons. The van der Waals surface area contributed by atoms with Crippen molar-refractivity contribution in [3.63, 3.8) is 0 Å². The SMILES string of the molecule is CC1CC(C)(I)CCO1. The Bertz CT molecular complexity index is 101. The van der Waals surface area contributed by atoms with Gasteiger partial charge in [0.25, 0.3) is 0 Å². The zero-order chi connectivity index (χ0) is 6.91. The molecule has 2 heteroatoms. The van der Waals surface area contributed by atoms with E-state index in [1.807, 2.05) is 0 Å². The van der Waals surface area contributed by atoms with Gasteiger partial charge in [0.1, 0.15) is 0 Å². The van der Waals surface area contributed by atoms with E-state index in [9.17, 15) is 0 Å². The number of ether oxygens (including phenoxy) is 1. The van der Waals surface area contributed by atoms with Gasteiger partial charge in [-0.25, -0.2) is 0 Å². The van der Waals surface area contributed by atoms with Crippen molar-refractivity contribution in [3.05, 3.63) is 0 Å². The molecule has 1 saturated heterocycles. The topological polar surface area (TPSA) is 9.23 Å². The van der Waals surface area contributed by atoms with Crippen LogP contribution in [0.5, 0.6) is 0 Å². The Morgan fingerprint density at radius 3 is 2.67 bits per heavy atom. The molecular formula is C7H13IO. The summed E-state index contributed by atoms with van der Waals surface area (Å²) in [6, 6.07) is 0. The van der Waals surface area contributed by atoms with Gasteiger partial charge in [0.15, 0.2) is 0 Å². The summed E-state index contributed by atoms with van der Waals surface area (Å²) >= 11 is 2.53. The molecule has 0 radical (unpaired) electrons. The molecule has 1 fully saturated rings. The van der Waals surface area contributed by atoms with Gasteiger partial charge in [-0.1, -0.05) is 29.5 Å². The summed E-state index contributed by atoms with van der Waals surface area (Å²) in [5, 5.41) is 0. The third-order valence-electron chi connectivity index (χ3n) is 1.74. The standard InChI is InChI=1S/C7H13IO/c1-6-5-7(2,8)3-4-9-6/h6H,3-5H2,1-2H3. The molecule has 1 aliphatic rings. The largest absolute Gasteiger partial charge is 0.378 e. The number of rotatable bonds is 0. The van der Waals surface area contributed by atoms with Crippen LogP contribution in [0, 0.1) is 0 Å². The van der Waals surface area contributed by atoms with Crippen LogP contribution in [0.25, 0.3) is 0 Å². The summed E-state index contributed by atoms with van der Waals surface area (Å²) in [6.45, 7) is 5.39. The van der Waals surface area contributed by atoms with Crippen LogP contribution in [0.4, 0.5) is 0 Å². The molecule has 2 unspecified atom stereocenters. The van der Waals surface area contributed by atoms with Crippen LogP contribution in [0.2, 0.25) is 0 Å². The van der Waals surface area contributed by atoms with Crippen LogP contribution in [-0.4, -0.2) is 16.1 Å². The van der Waals surface area contributed by atoms with Gasteiger partial charge in [-0.2, -0.15) is 0 Å². The third kappa shape index (κ3) is 2.42. The molecule has 0 saturated carbocycles. The van der Waals surface area contributed by atoms with Gasteiger partial charge in [-0.05, 0) is 19.8 Å². The summed E-state index contributed by atoms with van der Waals surface area (Å²) < 4.78 is 5.90. The minimum Gasteiger partial charge on any atom is -0.378 e. The van der Waals surface area contributed by atoms with Gasteiger partial charge in [-0.15, -0.1) is 0 Å². The Balaban J connectivity index is 2.41. The first-order valence-corrected chi connectivity index (χ1v) is 4.48. The fourth-order valence-electron chi connectivity index (χ4n) is 1.23. The Morgan fingerprint density at radius 1 is 1.67 bits per heavy atom. The summed E-state index contributed by atoms with van der Waals surface area (Å²) in [6.07, 6.45) is 2.88. The van der Waals surface area contributed by atoms with Crippen molar-refractivity contribution >= 4 is 22.6 Å². The summed E-state index contributed by atoms with van der Waals surface area (Å²) in [7, 11) is 0. The van der Waals surface area contributed by atoms with Crippen LogP contribution < -0.4 is 0 Å². The second-order valence-electron chi connectivity index (χ2n) is 3.05. The molecule has 0 bridgehead atoms. The lowest BCUT2D eigenvalue weighted by Crippen LogP contribution is -2.31. The van der Waals surface area contributed by atoms with E-state index < -0.39 is 0 Å². The molecule has 9 heavy (non-hydrogen) atoms. The molecule has 1 nitrogen and oxygen atoms in total. The molecule has 1 rings (SSSR count). The minimum atomic E-state index is 0.473. The number of alkyl halides is 1. The van der Waals surface area contributed by atoms with E-state index in [1.54, 1.807) is 0 Å². The molecule has 1 aliphatic heterocycles. The molecule has 0 aromatic heterocycles. The van der Waals surface area contributed by atoms with E-state index in [0.717, 1.165) is 6.61 Å². The van der Waals surface area contributed by atoms with E-state index in [2.05, 4.69) is 36.4 Å². The van der Waals surface area contributed by atoms with Gasteiger partial charge in [0.05, 0.1) is 6.10 Å². The maximum Gasteiger partial charge on any atom is 0.0559 e. The summed E-state index contributed by atoms with van der Waals surface area (Å²) in [5.74, 6) is 0. The molecule has 0 aromatic carbocycles. The zero-order valence-electron chi connectivity index (χ0n) is 5.98. The maximum absolute atomic E-state index is 5.41.